The molecule has 0 bridgehead atoms. The van der Waals surface area contributed by atoms with E-state index in [2.05, 4.69) is 45.0 Å². The SMILES string of the molecule is CC(C)(C)CCC(c1ccc(Cl)cc1)c1ccc(Cl)cc1. The third kappa shape index (κ3) is 5.05. The van der Waals surface area contributed by atoms with Gasteiger partial charge >= 0.3 is 0 Å². The second-order valence-electron chi connectivity index (χ2n) is 6.76. The maximum Gasteiger partial charge on any atom is 0.0406 e. The lowest BCUT2D eigenvalue weighted by Gasteiger charge is -2.24. The molecule has 112 valence electrons. The first-order valence-corrected chi connectivity index (χ1v) is 8.12. The molecule has 0 aliphatic rings. The van der Waals surface area contributed by atoms with Crippen molar-refractivity contribution in [2.24, 2.45) is 5.41 Å². The van der Waals surface area contributed by atoms with Gasteiger partial charge in [0.2, 0.25) is 0 Å². The Morgan fingerprint density at radius 1 is 0.762 bits per heavy atom. The zero-order valence-electron chi connectivity index (χ0n) is 12.9. The van der Waals surface area contributed by atoms with Crippen LogP contribution in [0.4, 0.5) is 0 Å². The van der Waals surface area contributed by atoms with Crippen LogP contribution in [0.3, 0.4) is 0 Å². The molecular formula is C19H22Cl2. The lowest BCUT2D eigenvalue weighted by molar-refractivity contribution is 0.356. The van der Waals surface area contributed by atoms with Gasteiger partial charge in [-0.1, -0.05) is 68.2 Å². The molecule has 0 amide bonds. The quantitative estimate of drug-likeness (QED) is 0.571. The van der Waals surface area contributed by atoms with Crippen LogP contribution in [0, 0.1) is 5.41 Å². The van der Waals surface area contributed by atoms with Crippen molar-refractivity contribution in [1.29, 1.82) is 0 Å². The van der Waals surface area contributed by atoms with Gasteiger partial charge in [-0.25, -0.2) is 0 Å². The van der Waals surface area contributed by atoms with E-state index < -0.39 is 0 Å². The summed E-state index contributed by atoms with van der Waals surface area (Å²) in [4.78, 5) is 0. The molecule has 0 saturated heterocycles. The van der Waals surface area contributed by atoms with Crippen LogP contribution in [0.5, 0.6) is 0 Å². The van der Waals surface area contributed by atoms with Crippen molar-refractivity contribution < 1.29 is 0 Å². The first-order chi connectivity index (χ1) is 9.85. The number of benzene rings is 2. The molecule has 0 spiro atoms. The van der Waals surface area contributed by atoms with Crippen molar-refractivity contribution in [2.45, 2.75) is 39.5 Å². The molecule has 0 nitrogen and oxygen atoms in total. The molecule has 0 atom stereocenters. The highest BCUT2D eigenvalue weighted by Crippen LogP contribution is 2.34. The summed E-state index contributed by atoms with van der Waals surface area (Å²) >= 11 is 12.0. The van der Waals surface area contributed by atoms with Gasteiger partial charge < -0.3 is 0 Å². The zero-order valence-corrected chi connectivity index (χ0v) is 14.4. The van der Waals surface area contributed by atoms with Crippen molar-refractivity contribution >= 4 is 23.2 Å². The lowest BCUT2D eigenvalue weighted by Crippen LogP contribution is -2.09. The summed E-state index contributed by atoms with van der Waals surface area (Å²) in [6.45, 7) is 6.86. The molecule has 2 rings (SSSR count). The Balaban J connectivity index is 2.29. The van der Waals surface area contributed by atoms with Gasteiger partial charge in [0, 0.05) is 16.0 Å². The standard InChI is InChI=1S/C19H22Cl2/c1-19(2,3)13-12-18(14-4-8-16(20)9-5-14)15-6-10-17(21)11-7-15/h4-11,18H,12-13H2,1-3H3. The number of halogens is 2. The van der Waals surface area contributed by atoms with Crippen LogP contribution >= 0.6 is 23.2 Å². The van der Waals surface area contributed by atoms with E-state index in [0.29, 0.717) is 11.3 Å². The minimum absolute atomic E-state index is 0.330. The van der Waals surface area contributed by atoms with Crippen molar-refractivity contribution in [3.05, 3.63) is 69.7 Å². The van der Waals surface area contributed by atoms with Gasteiger partial charge in [0.15, 0.2) is 0 Å². The molecule has 0 aliphatic heterocycles. The highest BCUT2D eigenvalue weighted by molar-refractivity contribution is 6.30. The van der Waals surface area contributed by atoms with E-state index in [-0.39, 0.29) is 0 Å². The lowest BCUT2D eigenvalue weighted by atomic mass is 9.81. The number of rotatable bonds is 4. The van der Waals surface area contributed by atoms with Gasteiger partial charge in [-0.3, -0.25) is 0 Å². The average molecular weight is 321 g/mol. The van der Waals surface area contributed by atoms with Gasteiger partial charge in [0.05, 0.1) is 0 Å². The predicted molar refractivity (Wildman–Crippen MR) is 93.4 cm³/mol. The Morgan fingerprint density at radius 3 is 1.48 bits per heavy atom. The van der Waals surface area contributed by atoms with Gasteiger partial charge in [-0.05, 0) is 53.6 Å². The van der Waals surface area contributed by atoms with E-state index >= 15 is 0 Å². The Kier molecular flexibility index (Phi) is 5.35. The summed E-state index contributed by atoms with van der Waals surface area (Å²) < 4.78 is 0. The summed E-state index contributed by atoms with van der Waals surface area (Å²) in [6, 6.07) is 16.4. The van der Waals surface area contributed by atoms with E-state index in [9.17, 15) is 0 Å². The van der Waals surface area contributed by atoms with Crippen molar-refractivity contribution in [2.75, 3.05) is 0 Å². The second kappa shape index (κ2) is 6.85. The van der Waals surface area contributed by atoms with E-state index in [0.717, 1.165) is 16.5 Å². The van der Waals surface area contributed by atoms with Crippen LogP contribution in [0.25, 0.3) is 0 Å². The Hall–Kier alpha value is -0.980. The molecule has 2 aromatic rings. The van der Waals surface area contributed by atoms with Crippen LogP contribution in [-0.4, -0.2) is 0 Å². The second-order valence-corrected chi connectivity index (χ2v) is 7.63. The number of hydrogen-bond acceptors (Lipinski definition) is 0. The van der Waals surface area contributed by atoms with Crippen molar-refractivity contribution in [1.82, 2.24) is 0 Å². The summed E-state index contributed by atoms with van der Waals surface area (Å²) in [5.74, 6) is 0.388. The van der Waals surface area contributed by atoms with Gasteiger partial charge in [-0.15, -0.1) is 0 Å². The molecule has 0 heterocycles. The monoisotopic (exact) mass is 320 g/mol. The van der Waals surface area contributed by atoms with Gasteiger partial charge in [-0.2, -0.15) is 0 Å². The zero-order chi connectivity index (χ0) is 15.5. The fourth-order valence-corrected chi connectivity index (χ4v) is 2.75. The number of hydrogen-bond donors (Lipinski definition) is 0. The van der Waals surface area contributed by atoms with Crippen LogP contribution in [0.15, 0.2) is 48.5 Å². The largest absolute Gasteiger partial charge is 0.0843 e. The molecule has 2 aromatic carbocycles. The molecule has 2 heteroatoms. The van der Waals surface area contributed by atoms with Crippen molar-refractivity contribution in [3.8, 4) is 0 Å². The predicted octanol–water partition coefficient (Wildman–Crippen LogP) is 6.95. The third-order valence-corrected chi connectivity index (χ3v) is 4.23. The highest BCUT2D eigenvalue weighted by atomic mass is 35.5. The van der Waals surface area contributed by atoms with E-state index in [1.54, 1.807) is 0 Å². The fourth-order valence-electron chi connectivity index (χ4n) is 2.49. The molecule has 0 aliphatic carbocycles. The van der Waals surface area contributed by atoms with E-state index in [4.69, 9.17) is 23.2 Å². The summed E-state index contributed by atoms with van der Waals surface area (Å²) in [6.07, 6.45) is 2.29. The molecule has 0 N–H and O–H groups in total. The van der Waals surface area contributed by atoms with E-state index in [1.165, 1.54) is 17.5 Å². The van der Waals surface area contributed by atoms with Gasteiger partial charge in [0.1, 0.15) is 0 Å². The first kappa shape index (κ1) is 16.4. The van der Waals surface area contributed by atoms with Crippen LogP contribution < -0.4 is 0 Å². The molecular weight excluding hydrogens is 299 g/mol. The summed E-state index contributed by atoms with van der Waals surface area (Å²) in [7, 11) is 0. The normalized spacial score (nSPS) is 11.9. The Labute approximate surface area is 138 Å². The highest BCUT2D eigenvalue weighted by Gasteiger charge is 2.18. The van der Waals surface area contributed by atoms with Crippen LogP contribution in [-0.2, 0) is 0 Å². The smallest absolute Gasteiger partial charge is 0.0406 e. The maximum atomic E-state index is 6.02. The summed E-state index contributed by atoms with van der Waals surface area (Å²) in [5, 5.41) is 1.56. The average Bonchev–Trinajstić information content (AvgIpc) is 2.41. The molecule has 0 aromatic heterocycles. The molecule has 0 fully saturated rings. The third-order valence-electron chi connectivity index (χ3n) is 3.73. The molecule has 0 unspecified atom stereocenters. The van der Waals surface area contributed by atoms with Gasteiger partial charge in [0.25, 0.3) is 0 Å². The molecule has 0 saturated carbocycles. The Morgan fingerprint density at radius 2 is 1.14 bits per heavy atom. The minimum atomic E-state index is 0.330. The molecule has 0 radical (unpaired) electrons. The first-order valence-electron chi connectivity index (χ1n) is 7.36. The topological polar surface area (TPSA) is 0 Å². The Bertz CT molecular complexity index is 517. The van der Waals surface area contributed by atoms with Crippen molar-refractivity contribution in [3.63, 3.8) is 0 Å². The van der Waals surface area contributed by atoms with Crippen LogP contribution in [0.2, 0.25) is 10.0 Å². The van der Waals surface area contributed by atoms with Crippen LogP contribution in [0.1, 0.15) is 50.7 Å². The minimum Gasteiger partial charge on any atom is -0.0843 e. The molecule has 21 heavy (non-hydrogen) atoms. The fraction of sp³-hybridized carbons (Fsp3) is 0.368. The maximum absolute atomic E-state index is 6.02. The van der Waals surface area contributed by atoms with E-state index in [1.807, 2.05) is 24.3 Å². The summed E-state index contributed by atoms with van der Waals surface area (Å²) in [5.41, 5.74) is 2.95.